The molecule has 2 atom stereocenters. The normalized spacial score (nSPS) is 51.5. The van der Waals surface area contributed by atoms with E-state index in [4.69, 9.17) is 4.74 Å². The lowest BCUT2D eigenvalue weighted by atomic mass is 9.66. The average Bonchev–Trinajstić information content (AvgIpc) is 1.95. The first-order valence-corrected chi connectivity index (χ1v) is 4.38. The molecule has 2 unspecified atom stereocenters. The van der Waals surface area contributed by atoms with Crippen LogP contribution in [0.5, 0.6) is 0 Å². The molecular weight excluding hydrogens is 138 g/mol. The van der Waals surface area contributed by atoms with Crippen LogP contribution >= 0.6 is 0 Å². The molecule has 0 aromatic heterocycles. The van der Waals surface area contributed by atoms with E-state index < -0.39 is 0 Å². The van der Waals surface area contributed by atoms with Gasteiger partial charge in [0.2, 0.25) is 0 Å². The van der Waals surface area contributed by atoms with E-state index in [0.29, 0.717) is 5.41 Å². The molecule has 0 spiro atoms. The van der Waals surface area contributed by atoms with Crippen LogP contribution in [0.4, 0.5) is 0 Å². The first-order valence-electron chi connectivity index (χ1n) is 4.38. The highest BCUT2D eigenvalue weighted by Gasteiger charge is 2.56. The Balaban J connectivity index is 2.15. The second kappa shape index (κ2) is 1.99. The molecule has 2 aliphatic rings. The van der Waals surface area contributed by atoms with Crippen molar-refractivity contribution in [2.24, 2.45) is 5.41 Å². The minimum absolute atomic E-state index is 0.194. The molecule has 0 saturated carbocycles. The zero-order valence-corrected chi connectivity index (χ0v) is 7.68. The molecule has 11 heavy (non-hydrogen) atoms. The van der Waals surface area contributed by atoms with Gasteiger partial charge in [0, 0.05) is 18.5 Å². The van der Waals surface area contributed by atoms with Gasteiger partial charge in [0.15, 0.2) is 0 Å². The largest absolute Gasteiger partial charge is 0.374 e. The molecule has 2 heterocycles. The summed E-state index contributed by atoms with van der Waals surface area (Å²) in [6.07, 6.45) is 1.19. The van der Waals surface area contributed by atoms with Crippen molar-refractivity contribution in [1.82, 2.24) is 4.90 Å². The summed E-state index contributed by atoms with van der Waals surface area (Å²) in [5.41, 5.74) is 0.625. The number of fused-ring (bicyclic) bond motifs is 1. The second-order valence-corrected chi connectivity index (χ2v) is 4.57. The first kappa shape index (κ1) is 7.56. The maximum absolute atomic E-state index is 5.65. The first-order chi connectivity index (χ1) is 5.06. The van der Waals surface area contributed by atoms with E-state index in [0.717, 1.165) is 6.61 Å². The van der Waals surface area contributed by atoms with Crippen molar-refractivity contribution in [3.05, 3.63) is 0 Å². The molecule has 2 nitrogen and oxygen atoms in total. The van der Waals surface area contributed by atoms with Gasteiger partial charge in [-0.05, 0) is 20.4 Å². The number of hydrogen-bond acceptors (Lipinski definition) is 2. The molecule has 2 saturated heterocycles. The Labute approximate surface area is 68.5 Å². The van der Waals surface area contributed by atoms with Crippen LogP contribution in [0.1, 0.15) is 20.3 Å². The molecule has 2 fully saturated rings. The summed E-state index contributed by atoms with van der Waals surface area (Å²) in [5, 5.41) is 0. The third-order valence-electron chi connectivity index (χ3n) is 3.58. The number of rotatable bonds is 0. The minimum Gasteiger partial charge on any atom is -0.374 e. The Morgan fingerprint density at radius 3 is 2.45 bits per heavy atom. The number of likely N-dealkylation sites (tertiary alicyclic amines) is 1. The zero-order valence-electron chi connectivity index (χ0n) is 7.68. The van der Waals surface area contributed by atoms with Gasteiger partial charge in [0.1, 0.15) is 0 Å². The Kier molecular flexibility index (Phi) is 1.37. The molecule has 0 N–H and O–H groups in total. The van der Waals surface area contributed by atoms with Gasteiger partial charge in [-0.15, -0.1) is 0 Å². The third-order valence-corrected chi connectivity index (χ3v) is 3.58. The summed E-state index contributed by atoms with van der Waals surface area (Å²) in [5.74, 6) is 0. The lowest BCUT2D eigenvalue weighted by Crippen LogP contribution is -2.67. The Bertz CT molecular complexity index is 182. The maximum atomic E-state index is 5.65. The summed E-state index contributed by atoms with van der Waals surface area (Å²) in [4.78, 5) is 2.41. The van der Waals surface area contributed by atoms with Gasteiger partial charge < -0.3 is 9.64 Å². The van der Waals surface area contributed by atoms with E-state index in [1.165, 1.54) is 19.5 Å². The smallest absolute Gasteiger partial charge is 0.0754 e. The molecule has 0 aliphatic carbocycles. The third kappa shape index (κ3) is 0.859. The molecule has 0 bridgehead atoms. The predicted molar refractivity (Wildman–Crippen MR) is 44.6 cm³/mol. The molecular formula is C9H17NO. The van der Waals surface area contributed by atoms with Crippen LogP contribution in [0.3, 0.4) is 0 Å². The van der Waals surface area contributed by atoms with Crippen molar-refractivity contribution in [3.8, 4) is 0 Å². The highest BCUT2D eigenvalue weighted by atomic mass is 16.5. The lowest BCUT2D eigenvalue weighted by Gasteiger charge is -2.60. The standard InChI is InChI=1S/C9H17NO/c1-8-6-10(3)5-4-9(8,2)11-7-8/h4-7H2,1-3H3. The number of piperidine rings is 1. The highest BCUT2D eigenvalue weighted by Crippen LogP contribution is 2.49. The number of ether oxygens (including phenoxy) is 1. The van der Waals surface area contributed by atoms with Crippen LogP contribution in [0, 0.1) is 5.41 Å². The van der Waals surface area contributed by atoms with E-state index >= 15 is 0 Å². The van der Waals surface area contributed by atoms with Crippen molar-refractivity contribution in [2.75, 3.05) is 26.7 Å². The Hall–Kier alpha value is -0.0800. The van der Waals surface area contributed by atoms with Crippen LogP contribution in [0.15, 0.2) is 0 Å². The summed E-state index contributed by atoms with van der Waals surface area (Å²) in [6.45, 7) is 7.93. The fourth-order valence-electron chi connectivity index (χ4n) is 2.23. The van der Waals surface area contributed by atoms with Crippen molar-refractivity contribution in [3.63, 3.8) is 0 Å². The topological polar surface area (TPSA) is 12.5 Å². The molecule has 2 rings (SSSR count). The van der Waals surface area contributed by atoms with Crippen LogP contribution in [-0.4, -0.2) is 37.2 Å². The van der Waals surface area contributed by atoms with Crippen LogP contribution in [0.2, 0.25) is 0 Å². The van der Waals surface area contributed by atoms with Crippen LogP contribution in [-0.2, 0) is 4.74 Å². The molecule has 0 aromatic carbocycles. The minimum atomic E-state index is 0.194. The summed E-state index contributed by atoms with van der Waals surface area (Å²) in [7, 11) is 2.20. The maximum Gasteiger partial charge on any atom is 0.0754 e. The van der Waals surface area contributed by atoms with Crippen LogP contribution < -0.4 is 0 Å². The monoisotopic (exact) mass is 155 g/mol. The molecule has 64 valence electrons. The SMILES string of the molecule is CN1CCC2(C)OCC2(C)C1. The number of hydrogen-bond donors (Lipinski definition) is 0. The summed E-state index contributed by atoms with van der Waals surface area (Å²) >= 11 is 0. The van der Waals surface area contributed by atoms with E-state index in [1.807, 2.05) is 0 Å². The lowest BCUT2D eigenvalue weighted by molar-refractivity contribution is -0.274. The van der Waals surface area contributed by atoms with Gasteiger partial charge in [0.25, 0.3) is 0 Å². The van der Waals surface area contributed by atoms with Crippen molar-refractivity contribution in [1.29, 1.82) is 0 Å². The van der Waals surface area contributed by atoms with Crippen molar-refractivity contribution >= 4 is 0 Å². The fourth-order valence-corrected chi connectivity index (χ4v) is 2.23. The average molecular weight is 155 g/mol. The highest BCUT2D eigenvalue weighted by molar-refractivity contribution is 5.06. The van der Waals surface area contributed by atoms with Crippen molar-refractivity contribution in [2.45, 2.75) is 25.9 Å². The van der Waals surface area contributed by atoms with E-state index in [-0.39, 0.29) is 5.60 Å². The molecule has 2 aliphatic heterocycles. The molecule has 0 radical (unpaired) electrons. The van der Waals surface area contributed by atoms with Crippen LogP contribution in [0.25, 0.3) is 0 Å². The van der Waals surface area contributed by atoms with Gasteiger partial charge in [0.05, 0.1) is 12.2 Å². The van der Waals surface area contributed by atoms with E-state index in [9.17, 15) is 0 Å². The number of nitrogens with zero attached hydrogens (tertiary/aromatic N) is 1. The van der Waals surface area contributed by atoms with Gasteiger partial charge in [-0.25, -0.2) is 0 Å². The van der Waals surface area contributed by atoms with Crippen molar-refractivity contribution < 1.29 is 4.74 Å². The molecule has 0 amide bonds. The summed E-state index contributed by atoms with van der Waals surface area (Å²) < 4.78 is 5.65. The zero-order chi connectivity index (χ0) is 8.11. The molecule has 2 heteroatoms. The quantitative estimate of drug-likeness (QED) is 0.519. The van der Waals surface area contributed by atoms with E-state index in [2.05, 4.69) is 25.8 Å². The second-order valence-electron chi connectivity index (χ2n) is 4.57. The summed E-state index contributed by atoms with van der Waals surface area (Å²) in [6, 6.07) is 0. The Morgan fingerprint density at radius 2 is 2.09 bits per heavy atom. The molecule has 0 aromatic rings. The van der Waals surface area contributed by atoms with Gasteiger partial charge >= 0.3 is 0 Å². The van der Waals surface area contributed by atoms with Gasteiger partial charge in [-0.3, -0.25) is 0 Å². The van der Waals surface area contributed by atoms with Gasteiger partial charge in [-0.2, -0.15) is 0 Å². The fraction of sp³-hybridized carbons (Fsp3) is 1.00. The van der Waals surface area contributed by atoms with Gasteiger partial charge in [-0.1, -0.05) is 6.92 Å². The predicted octanol–water partition coefficient (Wildman–Crippen LogP) is 1.12. The Morgan fingerprint density at radius 1 is 1.36 bits per heavy atom. The van der Waals surface area contributed by atoms with E-state index in [1.54, 1.807) is 0 Å².